The van der Waals surface area contributed by atoms with Gasteiger partial charge in [-0.05, 0) is 17.9 Å². The zero-order chi connectivity index (χ0) is 11.0. The van der Waals surface area contributed by atoms with Gasteiger partial charge in [0, 0.05) is 26.2 Å². The minimum absolute atomic E-state index is 0.628. The van der Waals surface area contributed by atoms with E-state index in [1.54, 1.807) is 12.3 Å². The topological polar surface area (TPSA) is 64.8 Å². The van der Waals surface area contributed by atoms with E-state index in [0.29, 0.717) is 17.4 Å². The zero-order valence-electron chi connectivity index (χ0n) is 8.93. The molecule has 1 aromatic rings. The summed E-state index contributed by atoms with van der Waals surface area (Å²) in [5.41, 5.74) is 0.628. The van der Waals surface area contributed by atoms with Crippen molar-refractivity contribution in [3.63, 3.8) is 0 Å². The highest BCUT2D eigenvalue weighted by Crippen LogP contribution is 2.30. The molecule has 2 aliphatic rings. The van der Waals surface area contributed by atoms with Gasteiger partial charge in [0.1, 0.15) is 6.07 Å². The molecule has 0 aliphatic carbocycles. The lowest BCUT2D eigenvalue weighted by Gasteiger charge is -2.18. The van der Waals surface area contributed by atoms with Crippen LogP contribution in [-0.4, -0.2) is 36.4 Å². The van der Waals surface area contributed by atoms with E-state index in [9.17, 15) is 0 Å². The monoisotopic (exact) mass is 215 g/mol. The molecular formula is C11H13N5. The van der Waals surface area contributed by atoms with Gasteiger partial charge in [-0.3, -0.25) is 0 Å². The first kappa shape index (κ1) is 9.55. The number of rotatable bonds is 1. The van der Waals surface area contributed by atoms with Crippen molar-refractivity contribution in [2.24, 2.45) is 11.8 Å². The average Bonchev–Trinajstić information content (AvgIpc) is 2.89. The van der Waals surface area contributed by atoms with Crippen molar-refractivity contribution in [1.82, 2.24) is 15.5 Å². The molecule has 0 amide bonds. The maximum absolute atomic E-state index is 9.02. The van der Waals surface area contributed by atoms with Crippen LogP contribution in [0.5, 0.6) is 0 Å². The van der Waals surface area contributed by atoms with E-state index in [1.807, 2.05) is 0 Å². The molecule has 0 saturated carbocycles. The molecule has 3 heterocycles. The van der Waals surface area contributed by atoms with Crippen LogP contribution in [0, 0.1) is 23.2 Å². The Morgan fingerprint density at radius 3 is 2.81 bits per heavy atom. The van der Waals surface area contributed by atoms with Crippen molar-refractivity contribution < 1.29 is 0 Å². The predicted molar refractivity (Wildman–Crippen MR) is 58.8 cm³/mol. The van der Waals surface area contributed by atoms with Crippen molar-refractivity contribution >= 4 is 5.82 Å². The summed E-state index contributed by atoms with van der Waals surface area (Å²) in [7, 11) is 0. The minimum atomic E-state index is 0.628. The van der Waals surface area contributed by atoms with Gasteiger partial charge in [-0.25, -0.2) is 0 Å². The van der Waals surface area contributed by atoms with Crippen molar-refractivity contribution in [2.45, 2.75) is 0 Å². The summed E-state index contributed by atoms with van der Waals surface area (Å²) in [6.07, 6.45) is 1.57. The molecule has 5 heteroatoms. The predicted octanol–water partition coefficient (Wildman–Crippen LogP) is 0.00388. The molecule has 16 heavy (non-hydrogen) atoms. The molecule has 0 aromatic carbocycles. The van der Waals surface area contributed by atoms with E-state index in [0.717, 1.165) is 32.0 Å². The zero-order valence-corrected chi connectivity index (χ0v) is 8.93. The van der Waals surface area contributed by atoms with Crippen LogP contribution in [0.3, 0.4) is 0 Å². The number of anilines is 1. The Morgan fingerprint density at radius 1 is 1.38 bits per heavy atom. The van der Waals surface area contributed by atoms with E-state index in [1.165, 1.54) is 0 Å². The van der Waals surface area contributed by atoms with Crippen LogP contribution in [0.2, 0.25) is 0 Å². The maximum atomic E-state index is 9.02. The van der Waals surface area contributed by atoms with Crippen LogP contribution < -0.4 is 10.2 Å². The molecule has 2 fully saturated rings. The van der Waals surface area contributed by atoms with Gasteiger partial charge in [0.25, 0.3) is 0 Å². The summed E-state index contributed by atoms with van der Waals surface area (Å²) in [6.45, 7) is 4.16. The van der Waals surface area contributed by atoms with Gasteiger partial charge in [0.2, 0.25) is 0 Å². The third kappa shape index (κ3) is 1.42. The normalized spacial score (nSPS) is 27.8. The summed E-state index contributed by atoms with van der Waals surface area (Å²) in [5, 5.41) is 20.4. The third-order valence-corrected chi connectivity index (χ3v) is 3.51. The number of aromatic nitrogens is 2. The fraction of sp³-hybridized carbons (Fsp3) is 0.545. The second-order valence-corrected chi connectivity index (χ2v) is 4.46. The van der Waals surface area contributed by atoms with Crippen LogP contribution in [-0.2, 0) is 0 Å². The highest BCUT2D eigenvalue weighted by Gasteiger charge is 2.37. The molecule has 0 unspecified atom stereocenters. The van der Waals surface area contributed by atoms with Crippen LogP contribution in [0.1, 0.15) is 5.56 Å². The first-order valence-electron chi connectivity index (χ1n) is 5.56. The fourth-order valence-electron chi connectivity index (χ4n) is 2.67. The Bertz CT molecular complexity index is 426. The fourth-order valence-corrected chi connectivity index (χ4v) is 2.67. The molecule has 2 saturated heterocycles. The van der Waals surface area contributed by atoms with Gasteiger partial charge in [0.05, 0.1) is 11.8 Å². The molecule has 0 spiro atoms. The van der Waals surface area contributed by atoms with Crippen molar-refractivity contribution in [3.05, 3.63) is 17.8 Å². The molecule has 2 aliphatic heterocycles. The Balaban J connectivity index is 1.86. The molecular weight excluding hydrogens is 202 g/mol. The smallest absolute Gasteiger partial charge is 0.169 e. The largest absolute Gasteiger partial charge is 0.353 e. The highest BCUT2D eigenvalue weighted by atomic mass is 15.3. The van der Waals surface area contributed by atoms with Gasteiger partial charge in [-0.1, -0.05) is 0 Å². The summed E-state index contributed by atoms with van der Waals surface area (Å²) < 4.78 is 0. The number of nitrogens with one attached hydrogen (secondary N) is 1. The van der Waals surface area contributed by atoms with E-state index in [2.05, 4.69) is 26.5 Å². The molecule has 0 bridgehead atoms. The first-order chi connectivity index (χ1) is 7.88. The minimum Gasteiger partial charge on any atom is -0.353 e. The maximum Gasteiger partial charge on any atom is 0.169 e. The lowest BCUT2D eigenvalue weighted by molar-refractivity contribution is 0.533. The van der Waals surface area contributed by atoms with E-state index in [-0.39, 0.29) is 0 Å². The summed E-state index contributed by atoms with van der Waals surface area (Å²) in [4.78, 5) is 2.20. The van der Waals surface area contributed by atoms with E-state index in [4.69, 9.17) is 5.26 Å². The quantitative estimate of drug-likeness (QED) is 0.714. The molecule has 0 radical (unpaired) electrons. The molecule has 5 nitrogen and oxygen atoms in total. The Morgan fingerprint density at radius 2 is 2.12 bits per heavy atom. The average molecular weight is 215 g/mol. The second kappa shape index (κ2) is 3.72. The lowest BCUT2D eigenvalue weighted by atomic mass is 10.0. The van der Waals surface area contributed by atoms with Crippen LogP contribution in [0.15, 0.2) is 12.3 Å². The van der Waals surface area contributed by atoms with Gasteiger partial charge in [-0.2, -0.15) is 10.4 Å². The van der Waals surface area contributed by atoms with E-state index < -0.39 is 0 Å². The summed E-state index contributed by atoms with van der Waals surface area (Å²) in [5.74, 6) is 2.15. The molecule has 82 valence electrons. The van der Waals surface area contributed by atoms with Gasteiger partial charge >= 0.3 is 0 Å². The number of hydrogen-bond donors (Lipinski definition) is 1. The standard InChI is InChI=1S/C11H13N5/c12-3-8-1-2-14-15-11(8)16-6-9-4-13-5-10(9)7-16/h1-2,9-10,13H,4-7H2/t9-,10+. The van der Waals surface area contributed by atoms with Crippen molar-refractivity contribution in [3.8, 4) is 6.07 Å². The van der Waals surface area contributed by atoms with Gasteiger partial charge in [0.15, 0.2) is 5.82 Å². The molecule has 3 rings (SSSR count). The Kier molecular flexibility index (Phi) is 2.22. The number of nitriles is 1. The number of nitrogens with zero attached hydrogens (tertiary/aromatic N) is 4. The SMILES string of the molecule is N#Cc1ccnnc1N1C[C@H]2CNC[C@H]2C1. The summed E-state index contributed by atoms with van der Waals surface area (Å²) >= 11 is 0. The number of hydrogen-bond acceptors (Lipinski definition) is 5. The van der Waals surface area contributed by atoms with E-state index >= 15 is 0 Å². The van der Waals surface area contributed by atoms with Crippen LogP contribution >= 0.6 is 0 Å². The van der Waals surface area contributed by atoms with Crippen LogP contribution in [0.25, 0.3) is 0 Å². The highest BCUT2D eigenvalue weighted by molar-refractivity contribution is 5.53. The second-order valence-electron chi connectivity index (χ2n) is 4.46. The lowest BCUT2D eigenvalue weighted by Crippen LogP contribution is -2.27. The number of fused-ring (bicyclic) bond motifs is 1. The van der Waals surface area contributed by atoms with Gasteiger partial charge < -0.3 is 10.2 Å². The summed E-state index contributed by atoms with van der Waals surface area (Å²) in [6, 6.07) is 3.91. The van der Waals surface area contributed by atoms with Gasteiger partial charge in [-0.15, -0.1) is 5.10 Å². The first-order valence-corrected chi connectivity index (χ1v) is 5.56. The Hall–Kier alpha value is -1.67. The third-order valence-electron chi connectivity index (χ3n) is 3.51. The molecule has 1 N–H and O–H groups in total. The van der Waals surface area contributed by atoms with Crippen molar-refractivity contribution in [2.75, 3.05) is 31.1 Å². The molecule has 1 aromatic heterocycles. The van der Waals surface area contributed by atoms with Crippen LogP contribution in [0.4, 0.5) is 5.82 Å². The van der Waals surface area contributed by atoms with Crippen molar-refractivity contribution in [1.29, 1.82) is 5.26 Å². The molecule has 2 atom stereocenters. The Labute approximate surface area is 94.1 Å².